The van der Waals surface area contributed by atoms with Crippen molar-refractivity contribution in [3.05, 3.63) is 29.7 Å². The average Bonchev–Trinajstić information content (AvgIpc) is 2.75. The molecule has 2 aromatic heterocycles. The third-order valence-electron chi connectivity index (χ3n) is 1.99. The highest BCUT2D eigenvalue weighted by molar-refractivity contribution is 5.95. The summed E-state index contributed by atoms with van der Waals surface area (Å²) in [6.45, 7) is 1.71. The van der Waals surface area contributed by atoms with Gasteiger partial charge in [0, 0.05) is 13.2 Å². The Morgan fingerprint density at radius 3 is 2.93 bits per heavy atom. The molecule has 2 heterocycles. The Morgan fingerprint density at radius 2 is 2.40 bits per heavy atom. The summed E-state index contributed by atoms with van der Waals surface area (Å²) in [7, 11) is 1.71. The van der Waals surface area contributed by atoms with Crippen LogP contribution in [0.3, 0.4) is 0 Å². The molecule has 2 aromatic rings. The summed E-state index contributed by atoms with van der Waals surface area (Å²) in [5, 5.41) is 7.53. The van der Waals surface area contributed by atoms with Gasteiger partial charge in [0.2, 0.25) is 5.89 Å². The van der Waals surface area contributed by atoms with Crippen LogP contribution in [0.4, 0.5) is 0 Å². The number of aryl methyl sites for hydroxylation is 2. The minimum absolute atomic E-state index is 0.0846. The van der Waals surface area contributed by atoms with E-state index in [2.05, 4.69) is 15.2 Å². The summed E-state index contributed by atoms with van der Waals surface area (Å²) in [4.78, 5) is 15.7. The molecule has 6 heteroatoms. The molecule has 0 N–H and O–H groups in total. The first-order chi connectivity index (χ1) is 7.16. The molecule has 0 saturated carbocycles. The van der Waals surface area contributed by atoms with E-state index in [9.17, 15) is 4.79 Å². The SMILES string of the molecule is Cc1noc(CC(=O)c2ccnn2C)n1. The minimum atomic E-state index is -0.0846. The van der Waals surface area contributed by atoms with Gasteiger partial charge in [-0.3, -0.25) is 9.48 Å². The molecular weight excluding hydrogens is 196 g/mol. The van der Waals surface area contributed by atoms with Crippen LogP contribution in [0.5, 0.6) is 0 Å². The van der Waals surface area contributed by atoms with E-state index < -0.39 is 0 Å². The zero-order valence-electron chi connectivity index (χ0n) is 8.47. The Hall–Kier alpha value is -1.98. The Morgan fingerprint density at radius 1 is 1.60 bits per heavy atom. The topological polar surface area (TPSA) is 73.8 Å². The molecule has 0 aliphatic rings. The molecule has 0 aromatic carbocycles. The predicted molar refractivity (Wildman–Crippen MR) is 50.3 cm³/mol. The average molecular weight is 206 g/mol. The quantitative estimate of drug-likeness (QED) is 0.685. The van der Waals surface area contributed by atoms with Crippen molar-refractivity contribution in [2.45, 2.75) is 13.3 Å². The molecule has 0 atom stereocenters. The smallest absolute Gasteiger partial charge is 0.234 e. The monoisotopic (exact) mass is 206 g/mol. The summed E-state index contributed by atoms with van der Waals surface area (Å²) < 4.78 is 6.38. The van der Waals surface area contributed by atoms with Crippen LogP contribution in [-0.2, 0) is 13.5 Å². The molecule has 2 rings (SSSR count). The van der Waals surface area contributed by atoms with Crippen LogP contribution in [0.15, 0.2) is 16.8 Å². The number of ketones is 1. The number of Topliss-reactive ketones (excluding diaryl/α,β-unsaturated/α-hetero) is 1. The molecule has 0 unspecified atom stereocenters. The number of carbonyl (C=O) groups excluding carboxylic acids is 1. The zero-order chi connectivity index (χ0) is 10.8. The van der Waals surface area contributed by atoms with Gasteiger partial charge in [-0.25, -0.2) is 0 Å². The van der Waals surface area contributed by atoms with Crippen molar-refractivity contribution in [1.29, 1.82) is 0 Å². The largest absolute Gasteiger partial charge is 0.339 e. The lowest BCUT2D eigenvalue weighted by Gasteiger charge is -1.97. The van der Waals surface area contributed by atoms with Crippen molar-refractivity contribution in [3.8, 4) is 0 Å². The van der Waals surface area contributed by atoms with Gasteiger partial charge in [0.05, 0.1) is 6.42 Å². The van der Waals surface area contributed by atoms with Gasteiger partial charge in [-0.15, -0.1) is 0 Å². The first-order valence-corrected chi connectivity index (χ1v) is 4.47. The molecule has 78 valence electrons. The van der Waals surface area contributed by atoms with Gasteiger partial charge in [-0.05, 0) is 13.0 Å². The second-order valence-electron chi connectivity index (χ2n) is 3.18. The third kappa shape index (κ3) is 1.93. The molecule has 0 saturated heterocycles. The van der Waals surface area contributed by atoms with Gasteiger partial charge in [-0.1, -0.05) is 5.16 Å². The number of hydrogen-bond donors (Lipinski definition) is 0. The summed E-state index contributed by atoms with van der Waals surface area (Å²) in [5.41, 5.74) is 0.533. The van der Waals surface area contributed by atoms with Gasteiger partial charge in [0.25, 0.3) is 0 Å². The van der Waals surface area contributed by atoms with E-state index >= 15 is 0 Å². The highest BCUT2D eigenvalue weighted by Crippen LogP contribution is 2.04. The summed E-state index contributed by atoms with van der Waals surface area (Å²) >= 11 is 0. The molecule has 0 fully saturated rings. The van der Waals surface area contributed by atoms with Gasteiger partial charge < -0.3 is 4.52 Å². The Balaban J connectivity index is 2.14. The highest BCUT2D eigenvalue weighted by Gasteiger charge is 2.14. The lowest BCUT2D eigenvalue weighted by molar-refractivity contribution is 0.0974. The molecule has 0 radical (unpaired) electrons. The first-order valence-electron chi connectivity index (χ1n) is 4.47. The van der Waals surface area contributed by atoms with Crippen molar-refractivity contribution in [1.82, 2.24) is 19.9 Å². The number of rotatable bonds is 3. The van der Waals surface area contributed by atoms with E-state index in [4.69, 9.17) is 4.52 Å². The molecule has 0 spiro atoms. The van der Waals surface area contributed by atoms with E-state index in [1.54, 1.807) is 26.2 Å². The maximum atomic E-state index is 11.7. The number of hydrogen-bond acceptors (Lipinski definition) is 5. The molecule has 0 aliphatic heterocycles. The minimum Gasteiger partial charge on any atom is -0.339 e. The van der Waals surface area contributed by atoms with E-state index in [0.29, 0.717) is 17.4 Å². The number of aromatic nitrogens is 4. The van der Waals surface area contributed by atoms with E-state index in [1.807, 2.05) is 0 Å². The Bertz CT molecular complexity index is 486. The standard InChI is InChI=1S/C9H10N4O2/c1-6-11-9(15-12-6)5-8(14)7-3-4-10-13(7)2/h3-4H,5H2,1-2H3. The maximum Gasteiger partial charge on any atom is 0.234 e. The van der Waals surface area contributed by atoms with Crippen molar-refractivity contribution in [2.75, 3.05) is 0 Å². The van der Waals surface area contributed by atoms with Gasteiger partial charge in [0.1, 0.15) is 5.69 Å². The van der Waals surface area contributed by atoms with E-state index in [-0.39, 0.29) is 12.2 Å². The lowest BCUT2D eigenvalue weighted by atomic mass is 10.2. The number of carbonyl (C=O) groups is 1. The number of nitrogens with zero attached hydrogens (tertiary/aromatic N) is 4. The third-order valence-corrected chi connectivity index (χ3v) is 1.99. The highest BCUT2D eigenvalue weighted by atomic mass is 16.5. The molecule has 0 amide bonds. The van der Waals surface area contributed by atoms with Crippen LogP contribution in [0.25, 0.3) is 0 Å². The normalized spacial score (nSPS) is 10.5. The molecule has 0 aliphatic carbocycles. The Kier molecular flexibility index (Phi) is 2.32. The molecule has 0 bridgehead atoms. The predicted octanol–water partition coefficient (Wildman–Crippen LogP) is 0.537. The van der Waals surface area contributed by atoms with Crippen molar-refractivity contribution >= 4 is 5.78 Å². The van der Waals surface area contributed by atoms with Gasteiger partial charge >= 0.3 is 0 Å². The van der Waals surface area contributed by atoms with Gasteiger partial charge in [0.15, 0.2) is 11.6 Å². The van der Waals surface area contributed by atoms with Crippen LogP contribution in [0, 0.1) is 6.92 Å². The molecule has 15 heavy (non-hydrogen) atoms. The fourth-order valence-corrected chi connectivity index (χ4v) is 1.29. The maximum absolute atomic E-state index is 11.7. The van der Waals surface area contributed by atoms with Crippen molar-refractivity contribution < 1.29 is 9.32 Å². The fourth-order valence-electron chi connectivity index (χ4n) is 1.29. The second-order valence-corrected chi connectivity index (χ2v) is 3.18. The Labute approximate surface area is 85.9 Å². The van der Waals surface area contributed by atoms with Crippen LogP contribution >= 0.6 is 0 Å². The van der Waals surface area contributed by atoms with E-state index in [1.165, 1.54) is 4.68 Å². The van der Waals surface area contributed by atoms with Crippen LogP contribution in [0.2, 0.25) is 0 Å². The van der Waals surface area contributed by atoms with Crippen LogP contribution < -0.4 is 0 Å². The fraction of sp³-hybridized carbons (Fsp3) is 0.333. The van der Waals surface area contributed by atoms with Crippen LogP contribution in [0.1, 0.15) is 22.2 Å². The lowest BCUT2D eigenvalue weighted by Crippen LogP contribution is -2.09. The first kappa shape index (κ1) is 9.57. The second kappa shape index (κ2) is 3.64. The van der Waals surface area contributed by atoms with E-state index in [0.717, 1.165) is 0 Å². The summed E-state index contributed by atoms with van der Waals surface area (Å²) in [6, 6.07) is 1.66. The van der Waals surface area contributed by atoms with Crippen molar-refractivity contribution in [3.63, 3.8) is 0 Å². The molecule has 6 nitrogen and oxygen atoms in total. The summed E-state index contributed by atoms with van der Waals surface area (Å²) in [5.74, 6) is 0.778. The van der Waals surface area contributed by atoms with Gasteiger partial charge in [-0.2, -0.15) is 10.1 Å². The van der Waals surface area contributed by atoms with Crippen molar-refractivity contribution in [2.24, 2.45) is 7.05 Å². The molecular formula is C9H10N4O2. The summed E-state index contributed by atoms with van der Waals surface area (Å²) in [6.07, 6.45) is 1.69. The van der Waals surface area contributed by atoms with Crippen LogP contribution in [-0.4, -0.2) is 25.7 Å². The zero-order valence-corrected chi connectivity index (χ0v) is 8.47.